The Morgan fingerprint density at radius 3 is 2.31 bits per heavy atom. The molecule has 4 nitrogen and oxygen atoms in total. The van der Waals surface area contributed by atoms with Gasteiger partial charge in [0.15, 0.2) is 0 Å². The topological polar surface area (TPSA) is 46.6 Å². The summed E-state index contributed by atoms with van der Waals surface area (Å²) < 4.78 is 4.97. The van der Waals surface area contributed by atoms with Crippen LogP contribution in [-0.2, 0) is 4.74 Å². The summed E-state index contributed by atoms with van der Waals surface area (Å²) in [7, 11) is 1.33. The van der Waals surface area contributed by atoms with Crippen molar-refractivity contribution in [3.63, 3.8) is 0 Å². The summed E-state index contributed by atoms with van der Waals surface area (Å²) in [5.74, 6) is -0.808. The Labute approximate surface area is 183 Å². The fourth-order valence-electron chi connectivity index (χ4n) is 2.96. The lowest BCUT2D eigenvalue weighted by Crippen LogP contribution is -2.37. The Bertz CT molecular complexity index is 1050. The number of carbonyl (C=O) groups is 2. The molecule has 0 saturated carbocycles. The number of nitrogens with zero attached hydrogens (tertiary/aromatic N) is 1. The van der Waals surface area contributed by atoms with E-state index in [0.717, 1.165) is 10.4 Å². The number of hydrogen-bond donors (Lipinski definition) is 0. The maximum absolute atomic E-state index is 13.4. The van der Waals surface area contributed by atoms with E-state index in [1.54, 1.807) is 17.0 Å². The van der Waals surface area contributed by atoms with Gasteiger partial charge in [0.05, 0.1) is 23.4 Å². The van der Waals surface area contributed by atoms with Gasteiger partial charge in [0.1, 0.15) is 4.88 Å². The molecule has 0 spiro atoms. The summed E-state index contributed by atoms with van der Waals surface area (Å²) >= 11 is 13.5. The summed E-state index contributed by atoms with van der Waals surface area (Å²) in [6, 6.07) is 16.0. The van der Waals surface area contributed by atoms with Crippen molar-refractivity contribution in [1.29, 1.82) is 0 Å². The lowest BCUT2D eigenvalue weighted by Gasteiger charge is -2.27. The molecular weight excluding hydrogens is 429 g/mol. The molecule has 7 heteroatoms. The number of ether oxygens (including phenoxy) is 1. The van der Waals surface area contributed by atoms with E-state index in [9.17, 15) is 9.59 Å². The van der Waals surface area contributed by atoms with Crippen molar-refractivity contribution in [2.24, 2.45) is 0 Å². The predicted molar refractivity (Wildman–Crippen MR) is 120 cm³/mol. The average molecular weight is 448 g/mol. The number of hydrogen-bond acceptors (Lipinski definition) is 4. The predicted octanol–water partition coefficient (Wildman–Crippen LogP) is 6.56. The van der Waals surface area contributed by atoms with Crippen molar-refractivity contribution in [2.45, 2.75) is 19.9 Å². The van der Waals surface area contributed by atoms with Crippen LogP contribution in [0, 0.1) is 0 Å². The molecule has 0 aliphatic rings. The van der Waals surface area contributed by atoms with Crippen LogP contribution in [0.15, 0.2) is 54.6 Å². The normalized spacial score (nSPS) is 10.8. The smallest absolute Gasteiger partial charge is 0.350 e. The quantitative estimate of drug-likeness (QED) is 0.415. The van der Waals surface area contributed by atoms with Crippen molar-refractivity contribution in [3.05, 3.63) is 75.1 Å². The molecule has 29 heavy (non-hydrogen) atoms. The van der Waals surface area contributed by atoms with Crippen molar-refractivity contribution in [3.8, 4) is 10.4 Å². The summed E-state index contributed by atoms with van der Waals surface area (Å²) in [4.78, 5) is 28.6. The monoisotopic (exact) mass is 447 g/mol. The van der Waals surface area contributed by atoms with E-state index in [-0.39, 0.29) is 17.0 Å². The van der Waals surface area contributed by atoms with Gasteiger partial charge in [-0.05, 0) is 43.7 Å². The number of benzene rings is 2. The van der Waals surface area contributed by atoms with Crippen LogP contribution in [0.1, 0.15) is 33.9 Å². The molecule has 0 unspecified atom stereocenters. The third-order valence-electron chi connectivity index (χ3n) is 4.30. The lowest BCUT2D eigenvalue weighted by atomic mass is 10.1. The van der Waals surface area contributed by atoms with E-state index in [1.807, 2.05) is 50.2 Å². The summed E-state index contributed by atoms with van der Waals surface area (Å²) in [5, 5.41) is 0.700. The molecular formula is C22H19Cl2NO3S. The maximum atomic E-state index is 13.4. The fourth-order valence-corrected chi connectivity index (χ4v) is 4.52. The minimum absolute atomic E-state index is 0.226. The summed E-state index contributed by atoms with van der Waals surface area (Å²) in [6.07, 6.45) is 0. The molecule has 150 valence electrons. The third kappa shape index (κ3) is 4.47. The first-order chi connectivity index (χ1) is 13.8. The van der Waals surface area contributed by atoms with Gasteiger partial charge in [-0.15, -0.1) is 11.3 Å². The highest BCUT2D eigenvalue weighted by Gasteiger charge is 2.29. The second kappa shape index (κ2) is 8.99. The average Bonchev–Trinajstić information content (AvgIpc) is 3.12. The molecule has 0 atom stereocenters. The minimum atomic E-state index is -0.493. The van der Waals surface area contributed by atoms with Gasteiger partial charge in [-0.1, -0.05) is 53.5 Å². The van der Waals surface area contributed by atoms with Crippen LogP contribution >= 0.6 is 34.5 Å². The molecule has 0 saturated heterocycles. The second-order valence-corrected chi connectivity index (χ2v) is 8.47. The Morgan fingerprint density at radius 1 is 1.03 bits per heavy atom. The first-order valence-corrected chi connectivity index (χ1v) is 10.5. The molecule has 0 aliphatic carbocycles. The fraction of sp³-hybridized carbons (Fsp3) is 0.182. The van der Waals surface area contributed by atoms with Crippen molar-refractivity contribution in [2.75, 3.05) is 12.0 Å². The molecule has 1 amide bonds. The van der Waals surface area contributed by atoms with Gasteiger partial charge in [-0.25, -0.2) is 4.79 Å². The number of halogens is 2. The van der Waals surface area contributed by atoms with Crippen LogP contribution in [0.25, 0.3) is 10.4 Å². The molecule has 0 N–H and O–H groups in total. The van der Waals surface area contributed by atoms with E-state index in [2.05, 4.69) is 0 Å². The van der Waals surface area contributed by atoms with Gasteiger partial charge < -0.3 is 9.64 Å². The summed E-state index contributed by atoms with van der Waals surface area (Å²) in [6.45, 7) is 3.76. The molecule has 1 aromatic heterocycles. The van der Waals surface area contributed by atoms with Crippen LogP contribution in [0.4, 0.5) is 5.69 Å². The third-order valence-corrected chi connectivity index (χ3v) is 6.00. The molecule has 0 bridgehead atoms. The van der Waals surface area contributed by atoms with Crippen LogP contribution in [0.3, 0.4) is 0 Å². The zero-order chi connectivity index (χ0) is 21.1. The van der Waals surface area contributed by atoms with E-state index in [0.29, 0.717) is 21.2 Å². The van der Waals surface area contributed by atoms with Crippen LogP contribution in [-0.4, -0.2) is 25.0 Å². The summed E-state index contributed by atoms with van der Waals surface area (Å²) in [5.41, 5.74) is 1.76. The Kier molecular flexibility index (Phi) is 6.63. The Morgan fingerprint density at radius 2 is 1.72 bits per heavy atom. The largest absolute Gasteiger partial charge is 0.465 e. The molecule has 3 rings (SSSR count). The maximum Gasteiger partial charge on any atom is 0.350 e. The van der Waals surface area contributed by atoms with Crippen molar-refractivity contribution in [1.82, 2.24) is 0 Å². The first kappa shape index (κ1) is 21.4. The molecule has 0 aliphatic heterocycles. The number of methoxy groups -OCH3 is 1. The van der Waals surface area contributed by atoms with E-state index in [4.69, 9.17) is 27.9 Å². The standard InChI is InChI=1S/C22H19Cl2NO3S/c1-13(2)25(21(26)16-10-9-15(23)11-17(16)24)18-12-19(14-7-5-4-6-8-14)29-20(18)22(27)28-3/h4-13H,1-3H3. The van der Waals surface area contributed by atoms with Gasteiger partial charge in [0.25, 0.3) is 5.91 Å². The van der Waals surface area contributed by atoms with Crippen LogP contribution in [0.5, 0.6) is 0 Å². The highest BCUT2D eigenvalue weighted by molar-refractivity contribution is 7.18. The Hall–Kier alpha value is -2.34. The number of rotatable bonds is 5. The molecule has 1 heterocycles. The van der Waals surface area contributed by atoms with Gasteiger partial charge in [-0.2, -0.15) is 0 Å². The molecule has 2 aromatic carbocycles. The van der Waals surface area contributed by atoms with Gasteiger partial charge in [-0.3, -0.25) is 4.79 Å². The zero-order valence-corrected chi connectivity index (χ0v) is 18.4. The SMILES string of the molecule is COC(=O)c1sc(-c2ccccc2)cc1N(C(=O)c1ccc(Cl)cc1Cl)C(C)C. The van der Waals surface area contributed by atoms with E-state index < -0.39 is 5.97 Å². The van der Waals surface area contributed by atoms with Crippen molar-refractivity contribution >= 4 is 52.1 Å². The minimum Gasteiger partial charge on any atom is -0.465 e. The number of thiophene rings is 1. The highest BCUT2D eigenvalue weighted by Crippen LogP contribution is 2.39. The molecule has 0 fully saturated rings. The number of amides is 1. The zero-order valence-electron chi connectivity index (χ0n) is 16.1. The Balaban J connectivity index is 2.14. The molecule has 0 radical (unpaired) electrons. The van der Waals surface area contributed by atoms with Crippen molar-refractivity contribution < 1.29 is 14.3 Å². The van der Waals surface area contributed by atoms with Gasteiger partial charge >= 0.3 is 5.97 Å². The number of anilines is 1. The lowest BCUT2D eigenvalue weighted by molar-refractivity contribution is 0.0607. The number of esters is 1. The second-order valence-electron chi connectivity index (χ2n) is 6.58. The van der Waals surface area contributed by atoms with Gasteiger partial charge in [0, 0.05) is 15.9 Å². The van der Waals surface area contributed by atoms with E-state index >= 15 is 0 Å². The molecule has 3 aromatic rings. The van der Waals surface area contributed by atoms with Crippen LogP contribution in [0.2, 0.25) is 10.0 Å². The first-order valence-electron chi connectivity index (χ1n) is 8.89. The van der Waals surface area contributed by atoms with E-state index in [1.165, 1.54) is 24.5 Å². The highest BCUT2D eigenvalue weighted by atomic mass is 35.5. The van der Waals surface area contributed by atoms with Crippen LogP contribution < -0.4 is 4.90 Å². The number of carbonyl (C=O) groups excluding carboxylic acids is 2. The van der Waals surface area contributed by atoms with Gasteiger partial charge in [0.2, 0.25) is 0 Å².